The summed E-state index contributed by atoms with van der Waals surface area (Å²) in [4.78, 5) is 25.5. The molecule has 10 heteroatoms. The standard InChI is InChI=1S/C23H20Cl2N2O5S/c1-14(27-33(30,31)21-13-17(25)9-11-20(21)32-2)23(29)26-19-10-8-16(24)12-18(19)22(28)15-6-4-3-5-7-15/h3-14,27H,1-2H3,(H,26,29)/t14-/m1/s1. The minimum atomic E-state index is -4.15. The number of benzene rings is 3. The van der Waals surface area contributed by atoms with Crippen LogP contribution in [0, 0.1) is 0 Å². The predicted octanol–water partition coefficient (Wildman–Crippen LogP) is 4.54. The van der Waals surface area contributed by atoms with Gasteiger partial charge in [-0.3, -0.25) is 9.59 Å². The highest BCUT2D eigenvalue weighted by Gasteiger charge is 2.26. The maximum atomic E-state index is 12.9. The molecule has 0 aliphatic rings. The number of ether oxygens (including phenoxy) is 1. The van der Waals surface area contributed by atoms with E-state index in [0.717, 1.165) is 0 Å². The number of ketones is 1. The Kier molecular flexibility index (Phi) is 7.76. The van der Waals surface area contributed by atoms with Gasteiger partial charge in [-0.1, -0.05) is 53.5 Å². The van der Waals surface area contributed by atoms with Crippen molar-refractivity contribution < 1.29 is 22.7 Å². The molecule has 0 saturated heterocycles. The van der Waals surface area contributed by atoms with Gasteiger partial charge in [0.15, 0.2) is 5.78 Å². The van der Waals surface area contributed by atoms with Crippen molar-refractivity contribution in [3.63, 3.8) is 0 Å². The van der Waals surface area contributed by atoms with Crippen molar-refractivity contribution >= 4 is 50.6 Å². The lowest BCUT2D eigenvalue weighted by atomic mass is 10.0. The summed E-state index contributed by atoms with van der Waals surface area (Å²) in [6.45, 7) is 1.37. The maximum Gasteiger partial charge on any atom is 0.245 e. The molecule has 1 atom stereocenters. The first-order valence-corrected chi connectivity index (χ1v) is 11.9. The minimum Gasteiger partial charge on any atom is -0.495 e. The minimum absolute atomic E-state index is 0.0768. The van der Waals surface area contributed by atoms with E-state index in [9.17, 15) is 18.0 Å². The molecule has 0 saturated carbocycles. The first kappa shape index (κ1) is 24.7. The molecule has 7 nitrogen and oxygen atoms in total. The van der Waals surface area contributed by atoms with E-state index in [0.29, 0.717) is 10.6 Å². The Morgan fingerprint density at radius 3 is 2.24 bits per heavy atom. The summed E-state index contributed by atoms with van der Waals surface area (Å²) in [5, 5.41) is 3.11. The Morgan fingerprint density at radius 2 is 1.58 bits per heavy atom. The number of carbonyl (C=O) groups excluding carboxylic acids is 2. The monoisotopic (exact) mass is 506 g/mol. The quantitative estimate of drug-likeness (QED) is 0.436. The van der Waals surface area contributed by atoms with Gasteiger partial charge in [0.2, 0.25) is 15.9 Å². The fourth-order valence-corrected chi connectivity index (χ4v) is 4.82. The molecule has 0 fully saturated rings. The molecule has 33 heavy (non-hydrogen) atoms. The number of rotatable bonds is 8. The van der Waals surface area contributed by atoms with Crippen molar-refractivity contribution in [1.29, 1.82) is 0 Å². The molecule has 0 heterocycles. The molecule has 0 spiro atoms. The molecular weight excluding hydrogens is 487 g/mol. The Balaban J connectivity index is 1.83. The van der Waals surface area contributed by atoms with Crippen LogP contribution in [0.2, 0.25) is 10.0 Å². The number of hydrogen-bond acceptors (Lipinski definition) is 5. The lowest BCUT2D eigenvalue weighted by Crippen LogP contribution is -2.41. The second-order valence-corrected chi connectivity index (χ2v) is 9.57. The second kappa shape index (κ2) is 10.4. The molecule has 1 amide bonds. The summed E-state index contributed by atoms with van der Waals surface area (Å²) >= 11 is 12.0. The van der Waals surface area contributed by atoms with Crippen LogP contribution < -0.4 is 14.8 Å². The lowest BCUT2D eigenvalue weighted by Gasteiger charge is -2.17. The van der Waals surface area contributed by atoms with E-state index in [2.05, 4.69) is 10.0 Å². The predicted molar refractivity (Wildman–Crippen MR) is 128 cm³/mol. The zero-order valence-corrected chi connectivity index (χ0v) is 20.0. The van der Waals surface area contributed by atoms with Crippen LogP contribution in [0.3, 0.4) is 0 Å². The number of hydrogen-bond donors (Lipinski definition) is 2. The number of sulfonamides is 1. The number of nitrogens with one attached hydrogen (secondary N) is 2. The highest BCUT2D eigenvalue weighted by atomic mass is 35.5. The van der Waals surface area contributed by atoms with E-state index < -0.39 is 22.0 Å². The lowest BCUT2D eigenvalue weighted by molar-refractivity contribution is -0.117. The first-order chi connectivity index (χ1) is 15.6. The van der Waals surface area contributed by atoms with E-state index in [1.165, 1.54) is 50.4 Å². The molecule has 2 N–H and O–H groups in total. The molecule has 0 radical (unpaired) electrons. The Labute approximate surface area is 201 Å². The van der Waals surface area contributed by atoms with Crippen molar-refractivity contribution in [3.05, 3.63) is 87.9 Å². The molecule has 0 unspecified atom stereocenters. The summed E-state index contributed by atoms with van der Waals surface area (Å²) in [5.41, 5.74) is 0.787. The number of amides is 1. The van der Waals surface area contributed by atoms with E-state index in [-0.39, 0.29) is 32.7 Å². The van der Waals surface area contributed by atoms with Gasteiger partial charge in [0, 0.05) is 21.2 Å². The third-order valence-electron chi connectivity index (χ3n) is 4.66. The topological polar surface area (TPSA) is 102 Å². The molecule has 0 aromatic heterocycles. The Hall–Kier alpha value is -2.91. The molecule has 0 aliphatic carbocycles. The van der Waals surface area contributed by atoms with Crippen LogP contribution in [-0.4, -0.2) is 33.3 Å². The van der Waals surface area contributed by atoms with Crippen LogP contribution in [0.5, 0.6) is 5.75 Å². The van der Waals surface area contributed by atoms with Crippen LogP contribution in [-0.2, 0) is 14.8 Å². The van der Waals surface area contributed by atoms with E-state index >= 15 is 0 Å². The average molecular weight is 507 g/mol. The number of halogens is 2. The zero-order chi connectivity index (χ0) is 24.2. The number of carbonyl (C=O) groups is 2. The van der Waals surface area contributed by atoms with E-state index in [1.807, 2.05) is 0 Å². The van der Waals surface area contributed by atoms with Gasteiger partial charge in [0.1, 0.15) is 10.6 Å². The summed E-state index contributed by atoms with van der Waals surface area (Å²) in [7, 11) is -2.82. The Bertz CT molecular complexity index is 1300. The molecule has 0 bridgehead atoms. The Morgan fingerprint density at radius 1 is 0.939 bits per heavy atom. The van der Waals surface area contributed by atoms with Crippen LogP contribution >= 0.6 is 23.2 Å². The van der Waals surface area contributed by atoms with Gasteiger partial charge >= 0.3 is 0 Å². The first-order valence-electron chi connectivity index (χ1n) is 9.68. The van der Waals surface area contributed by atoms with Crippen molar-refractivity contribution in [2.75, 3.05) is 12.4 Å². The summed E-state index contributed by atoms with van der Waals surface area (Å²) in [5.74, 6) is -0.942. The average Bonchev–Trinajstić information content (AvgIpc) is 2.80. The SMILES string of the molecule is COc1ccc(Cl)cc1S(=O)(=O)N[C@H](C)C(=O)Nc1ccc(Cl)cc1C(=O)c1ccccc1. The third kappa shape index (κ3) is 5.91. The third-order valence-corrected chi connectivity index (χ3v) is 6.69. The smallest absolute Gasteiger partial charge is 0.245 e. The highest BCUT2D eigenvalue weighted by molar-refractivity contribution is 7.89. The van der Waals surface area contributed by atoms with Crippen molar-refractivity contribution in [2.45, 2.75) is 17.9 Å². The van der Waals surface area contributed by atoms with Gasteiger partial charge in [0.05, 0.1) is 18.8 Å². The molecular formula is C23H20Cl2N2O5S. The zero-order valence-electron chi connectivity index (χ0n) is 17.6. The number of methoxy groups -OCH3 is 1. The molecule has 0 aliphatic heterocycles. The fourth-order valence-electron chi connectivity index (χ4n) is 3.01. The van der Waals surface area contributed by atoms with Gasteiger partial charge in [-0.05, 0) is 43.3 Å². The van der Waals surface area contributed by atoms with Crippen molar-refractivity contribution in [1.82, 2.24) is 4.72 Å². The largest absolute Gasteiger partial charge is 0.495 e. The van der Waals surface area contributed by atoms with Crippen molar-refractivity contribution in [3.8, 4) is 5.75 Å². The molecule has 172 valence electrons. The van der Waals surface area contributed by atoms with E-state index in [1.54, 1.807) is 30.3 Å². The fraction of sp³-hybridized carbons (Fsp3) is 0.130. The molecule has 3 aromatic rings. The van der Waals surface area contributed by atoms with Gasteiger partial charge in [0.25, 0.3) is 0 Å². The van der Waals surface area contributed by atoms with Crippen LogP contribution in [0.1, 0.15) is 22.8 Å². The van der Waals surface area contributed by atoms with Crippen molar-refractivity contribution in [2.24, 2.45) is 0 Å². The summed E-state index contributed by atoms with van der Waals surface area (Å²) in [6.07, 6.45) is 0. The van der Waals surface area contributed by atoms with Gasteiger partial charge < -0.3 is 10.1 Å². The maximum absolute atomic E-state index is 12.9. The van der Waals surface area contributed by atoms with Gasteiger partial charge in [-0.25, -0.2) is 8.42 Å². The van der Waals surface area contributed by atoms with E-state index in [4.69, 9.17) is 27.9 Å². The van der Waals surface area contributed by atoms with Gasteiger partial charge in [-0.15, -0.1) is 0 Å². The van der Waals surface area contributed by atoms with Crippen LogP contribution in [0.4, 0.5) is 5.69 Å². The molecule has 3 rings (SSSR count). The number of anilines is 1. The van der Waals surface area contributed by atoms with Gasteiger partial charge in [-0.2, -0.15) is 4.72 Å². The second-order valence-electron chi connectivity index (χ2n) is 7.01. The van der Waals surface area contributed by atoms with Crippen LogP contribution in [0.15, 0.2) is 71.6 Å². The van der Waals surface area contributed by atoms with Crippen LogP contribution in [0.25, 0.3) is 0 Å². The molecule has 3 aromatic carbocycles. The summed E-state index contributed by atoms with van der Waals surface area (Å²) in [6, 6.07) is 15.9. The highest BCUT2D eigenvalue weighted by Crippen LogP contribution is 2.27. The summed E-state index contributed by atoms with van der Waals surface area (Å²) < 4.78 is 33.1. The normalized spacial score (nSPS) is 12.1.